The molecular formula is C13H23NO3S. The summed E-state index contributed by atoms with van der Waals surface area (Å²) in [7, 11) is -2.87. The lowest BCUT2D eigenvalue weighted by molar-refractivity contribution is 0.465. The van der Waals surface area contributed by atoms with Crippen molar-refractivity contribution in [3.63, 3.8) is 0 Å². The van der Waals surface area contributed by atoms with Crippen LogP contribution < -0.4 is 5.32 Å². The van der Waals surface area contributed by atoms with E-state index in [0.29, 0.717) is 19.0 Å². The molecule has 1 heterocycles. The second-order valence-electron chi connectivity index (χ2n) is 4.63. The van der Waals surface area contributed by atoms with E-state index in [2.05, 4.69) is 12.2 Å². The molecule has 1 aromatic rings. The van der Waals surface area contributed by atoms with Gasteiger partial charge in [0.25, 0.3) is 0 Å². The van der Waals surface area contributed by atoms with Gasteiger partial charge in [0.15, 0.2) is 9.84 Å². The third-order valence-corrected chi connectivity index (χ3v) is 4.68. The Bertz CT molecular complexity index is 411. The standard InChI is InChI=1S/C13H23NO3S/c1-3-10-18(15,16)11-8-14-12(2)6-7-13-5-4-9-17-13/h4-5,9,12,14H,3,6-8,10-11H2,1-2H3. The van der Waals surface area contributed by atoms with Crippen LogP contribution >= 0.6 is 0 Å². The minimum absolute atomic E-state index is 0.228. The van der Waals surface area contributed by atoms with E-state index >= 15 is 0 Å². The molecule has 1 unspecified atom stereocenters. The zero-order valence-corrected chi connectivity index (χ0v) is 12.0. The number of furan rings is 1. The molecule has 5 heteroatoms. The average Bonchev–Trinajstić information content (AvgIpc) is 2.78. The quantitative estimate of drug-likeness (QED) is 0.748. The molecule has 0 amide bonds. The largest absolute Gasteiger partial charge is 0.469 e. The summed E-state index contributed by atoms with van der Waals surface area (Å²) in [5.74, 6) is 1.49. The molecule has 0 saturated carbocycles. The Morgan fingerprint density at radius 1 is 1.39 bits per heavy atom. The van der Waals surface area contributed by atoms with Gasteiger partial charge in [0, 0.05) is 24.8 Å². The highest BCUT2D eigenvalue weighted by molar-refractivity contribution is 7.91. The third-order valence-electron chi connectivity index (χ3n) is 2.82. The summed E-state index contributed by atoms with van der Waals surface area (Å²) in [6.45, 7) is 4.48. The lowest BCUT2D eigenvalue weighted by Crippen LogP contribution is -2.31. The maximum atomic E-state index is 11.5. The Morgan fingerprint density at radius 2 is 2.17 bits per heavy atom. The van der Waals surface area contributed by atoms with Crippen molar-refractivity contribution in [3.05, 3.63) is 24.2 Å². The number of hydrogen-bond acceptors (Lipinski definition) is 4. The fourth-order valence-corrected chi connectivity index (χ4v) is 3.04. The normalized spacial score (nSPS) is 13.7. The lowest BCUT2D eigenvalue weighted by Gasteiger charge is -2.12. The maximum Gasteiger partial charge on any atom is 0.151 e. The number of aryl methyl sites for hydroxylation is 1. The molecule has 1 aromatic heterocycles. The fraction of sp³-hybridized carbons (Fsp3) is 0.692. The molecule has 18 heavy (non-hydrogen) atoms. The molecule has 0 bridgehead atoms. The van der Waals surface area contributed by atoms with Crippen molar-refractivity contribution in [3.8, 4) is 0 Å². The van der Waals surface area contributed by atoms with Crippen molar-refractivity contribution >= 4 is 9.84 Å². The van der Waals surface area contributed by atoms with Crippen LogP contribution in [0.15, 0.2) is 22.8 Å². The molecule has 1 rings (SSSR count). The molecule has 0 aliphatic heterocycles. The number of nitrogens with one attached hydrogen (secondary N) is 1. The summed E-state index contributed by atoms with van der Waals surface area (Å²) in [5, 5.41) is 3.24. The van der Waals surface area contributed by atoms with E-state index in [0.717, 1.165) is 18.6 Å². The first-order valence-electron chi connectivity index (χ1n) is 6.49. The molecular weight excluding hydrogens is 250 g/mol. The van der Waals surface area contributed by atoms with E-state index in [-0.39, 0.29) is 11.5 Å². The Balaban J connectivity index is 2.15. The fourth-order valence-electron chi connectivity index (χ4n) is 1.79. The van der Waals surface area contributed by atoms with Crippen molar-refractivity contribution in [2.24, 2.45) is 0 Å². The second kappa shape index (κ2) is 7.59. The molecule has 0 saturated heterocycles. The van der Waals surface area contributed by atoms with Crippen LogP contribution in [0.2, 0.25) is 0 Å². The second-order valence-corrected chi connectivity index (χ2v) is 6.93. The number of rotatable bonds is 9. The SMILES string of the molecule is CCCS(=O)(=O)CCNC(C)CCc1ccco1. The van der Waals surface area contributed by atoms with Gasteiger partial charge in [-0.15, -0.1) is 0 Å². The Labute approximate surface area is 110 Å². The average molecular weight is 273 g/mol. The van der Waals surface area contributed by atoms with E-state index in [1.165, 1.54) is 0 Å². The third kappa shape index (κ3) is 6.21. The zero-order valence-electron chi connectivity index (χ0n) is 11.2. The summed E-state index contributed by atoms with van der Waals surface area (Å²) in [6.07, 6.45) is 4.19. The predicted molar refractivity (Wildman–Crippen MR) is 73.4 cm³/mol. The number of hydrogen-bond donors (Lipinski definition) is 1. The summed E-state index contributed by atoms with van der Waals surface area (Å²) >= 11 is 0. The van der Waals surface area contributed by atoms with Crippen molar-refractivity contribution in [2.75, 3.05) is 18.1 Å². The molecule has 0 aromatic carbocycles. The summed E-state index contributed by atoms with van der Waals surface area (Å²) in [5.41, 5.74) is 0. The van der Waals surface area contributed by atoms with Crippen molar-refractivity contribution < 1.29 is 12.8 Å². The maximum absolute atomic E-state index is 11.5. The van der Waals surface area contributed by atoms with Crippen LogP contribution in [0.1, 0.15) is 32.4 Å². The van der Waals surface area contributed by atoms with E-state index in [1.807, 2.05) is 19.1 Å². The predicted octanol–water partition coefficient (Wildman–Crippen LogP) is 2.02. The Morgan fingerprint density at radius 3 is 2.78 bits per heavy atom. The van der Waals surface area contributed by atoms with E-state index < -0.39 is 9.84 Å². The van der Waals surface area contributed by atoms with Gasteiger partial charge in [-0.2, -0.15) is 0 Å². The van der Waals surface area contributed by atoms with Crippen LogP contribution in [0.25, 0.3) is 0 Å². The molecule has 1 atom stereocenters. The zero-order chi connectivity index (χ0) is 13.4. The van der Waals surface area contributed by atoms with Gasteiger partial charge in [-0.3, -0.25) is 0 Å². The molecule has 0 radical (unpaired) electrons. The highest BCUT2D eigenvalue weighted by Gasteiger charge is 2.10. The van der Waals surface area contributed by atoms with Gasteiger partial charge in [-0.1, -0.05) is 6.92 Å². The molecule has 0 spiro atoms. The summed E-state index contributed by atoms with van der Waals surface area (Å²) < 4.78 is 28.3. The van der Waals surface area contributed by atoms with Gasteiger partial charge >= 0.3 is 0 Å². The first-order valence-corrected chi connectivity index (χ1v) is 8.32. The lowest BCUT2D eigenvalue weighted by atomic mass is 10.1. The smallest absolute Gasteiger partial charge is 0.151 e. The van der Waals surface area contributed by atoms with Crippen molar-refractivity contribution in [1.82, 2.24) is 5.32 Å². The van der Waals surface area contributed by atoms with Crippen molar-refractivity contribution in [2.45, 2.75) is 39.2 Å². The van der Waals surface area contributed by atoms with E-state index in [4.69, 9.17) is 4.42 Å². The highest BCUT2D eigenvalue weighted by Crippen LogP contribution is 2.05. The van der Waals surface area contributed by atoms with Gasteiger partial charge in [-0.05, 0) is 31.9 Å². The number of sulfone groups is 1. The Kier molecular flexibility index (Phi) is 6.43. The van der Waals surface area contributed by atoms with Gasteiger partial charge < -0.3 is 9.73 Å². The summed E-state index contributed by atoms with van der Waals surface area (Å²) in [4.78, 5) is 0. The van der Waals surface area contributed by atoms with Crippen molar-refractivity contribution in [1.29, 1.82) is 0 Å². The van der Waals surface area contributed by atoms with Crippen LogP contribution in [0.3, 0.4) is 0 Å². The summed E-state index contributed by atoms with van der Waals surface area (Å²) in [6, 6.07) is 4.13. The van der Waals surface area contributed by atoms with Crippen LogP contribution in [0, 0.1) is 0 Å². The minimum atomic E-state index is -2.87. The highest BCUT2D eigenvalue weighted by atomic mass is 32.2. The van der Waals surface area contributed by atoms with E-state index in [9.17, 15) is 8.42 Å². The van der Waals surface area contributed by atoms with E-state index in [1.54, 1.807) is 6.26 Å². The monoisotopic (exact) mass is 273 g/mol. The van der Waals surface area contributed by atoms with Crippen LogP contribution in [0.5, 0.6) is 0 Å². The van der Waals surface area contributed by atoms with Gasteiger partial charge in [0.1, 0.15) is 5.76 Å². The van der Waals surface area contributed by atoms with Crippen LogP contribution in [-0.4, -0.2) is 32.5 Å². The Hall–Kier alpha value is -0.810. The molecule has 4 nitrogen and oxygen atoms in total. The molecule has 1 N–H and O–H groups in total. The topological polar surface area (TPSA) is 59.3 Å². The molecule has 0 aliphatic rings. The van der Waals surface area contributed by atoms with Gasteiger partial charge in [0.2, 0.25) is 0 Å². The molecule has 0 fully saturated rings. The molecule has 104 valence electrons. The first-order chi connectivity index (χ1) is 8.53. The first kappa shape index (κ1) is 15.2. The van der Waals surface area contributed by atoms with Gasteiger partial charge in [0.05, 0.1) is 12.0 Å². The molecule has 0 aliphatic carbocycles. The van der Waals surface area contributed by atoms with Crippen LogP contribution in [-0.2, 0) is 16.3 Å². The van der Waals surface area contributed by atoms with Crippen LogP contribution in [0.4, 0.5) is 0 Å². The van der Waals surface area contributed by atoms with Gasteiger partial charge in [-0.25, -0.2) is 8.42 Å². The minimum Gasteiger partial charge on any atom is -0.469 e.